The van der Waals surface area contributed by atoms with Crippen molar-refractivity contribution < 1.29 is 4.43 Å². The van der Waals surface area contributed by atoms with Crippen LogP contribution in [0.15, 0.2) is 0 Å². The highest BCUT2D eigenvalue weighted by molar-refractivity contribution is 5.97. The summed E-state index contributed by atoms with van der Waals surface area (Å²) in [6, 6.07) is 0. The Kier molecular flexibility index (Phi) is 8.18. The van der Waals surface area contributed by atoms with E-state index in [0.29, 0.717) is 6.67 Å². The highest BCUT2D eigenvalue weighted by Gasteiger charge is 1.84. The molecular weight excluding hydrogens is 132 g/mol. The third kappa shape index (κ3) is 8.10. The molecule has 0 rings (SSSR count). The van der Waals surface area contributed by atoms with Crippen molar-refractivity contribution >= 4 is 10.5 Å². The Balaban J connectivity index is 2.60. The summed E-state index contributed by atoms with van der Waals surface area (Å²) in [5, 5.41) is 3.04. The molecule has 0 aromatic rings. The van der Waals surface area contributed by atoms with E-state index in [0.717, 1.165) is 30.1 Å². The van der Waals surface area contributed by atoms with Crippen LogP contribution in [0.1, 0.15) is 12.8 Å². The SMILES string of the molecule is NCNCCCCO[SiH3]. The minimum absolute atomic E-state index is 0.585. The second kappa shape index (κ2) is 8.10. The molecule has 3 nitrogen and oxygen atoms in total. The Bertz CT molecular complexity index is 48.2. The normalized spacial score (nSPS) is 10.3. The van der Waals surface area contributed by atoms with Crippen molar-refractivity contribution in [3.05, 3.63) is 0 Å². The quantitative estimate of drug-likeness (QED) is 0.276. The minimum Gasteiger partial charge on any atom is -0.428 e. The van der Waals surface area contributed by atoms with Crippen LogP contribution in [0, 0.1) is 0 Å². The van der Waals surface area contributed by atoms with E-state index < -0.39 is 0 Å². The maximum atomic E-state index is 5.21. The van der Waals surface area contributed by atoms with Crippen molar-refractivity contribution in [2.75, 3.05) is 19.8 Å². The lowest BCUT2D eigenvalue weighted by atomic mass is 10.3. The smallest absolute Gasteiger partial charge is 0.145 e. The van der Waals surface area contributed by atoms with Crippen LogP contribution in [0.3, 0.4) is 0 Å². The summed E-state index contributed by atoms with van der Waals surface area (Å²) in [6.45, 7) is 2.52. The van der Waals surface area contributed by atoms with E-state index in [4.69, 9.17) is 10.2 Å². The highest BCUT2D eigenvalue weighted by atomic mass is 28.2. The van der Waals surface area contributed by atoms with Crippen LogP contribution in [-0.4, -0.2) is 30.3 Å². The summed E-state index contributed by atoms with van der Waals surface area (Å²) in [4.78, 5) is 0. The topological polar surface area (TPSA) is 47.3 Å². The van der Waals surface area contributed by atoms with Crippen molar-refractivity contribution in [3.8, 4) is 0 Å². The first-order valence-corrected chi connectivity index (χ1v) is 4.13. The predicted molar refractivity (Wildman–Crippen MR) is 42.2 cm³/mol. The zero-order valence-corrected chi connectivity index (χ0v) is 8.02. The van der Waals surface area contributed by atoms with Gasteiger partial charge in [-0.1, -0.05) is 0 Å². The maximum Gasteiger partial charge on any atom is 0.145 e. The first kappa shape index (κ1) is 9.10. The molecule has 0 heterocycles. The minimum atomic E-state index is 0.585. The molecule has 0 aromatic heterocycles. The fraction of sp³-hybridized carbons (Fsp3) is 1.00. The third-order valence-corrected chi connectivity index (χ3v) is 1.50. The van der Waals surface area contributed by atoms with E-state index in [-0.39, 0.29) is 0 Å². The Morgan fingerprint density at radius 1 is 1.44 bits per heavy atom. The number of nitrogens with one attached hydrogen (secondary N) is 1. The lowest BCUT2D eigenvalue weighted by Crippen LogP contribution is -2.23. The average Bonchev–Trinajstić information content (AvgIpc) is 1.89. The Morgan fingerprint density at radius 3 is 2.78 bits per heavy atom. The van der Waals surface area contributed by atoms with E-state index in [1.807, 2.05) is 0 Å². The van der Waals surface area contributed by atoms with Crippen LogP contribution in [0.2, 0.25) is 0 Å². The van der Waals surface area contributed by atoms with Crippen LogP contribution in [0.4, 0.5) is 0 Å². The van der Waals surface area contributed by atoms with E-state index in [9.17, 15) is 0 Å². The number of nitrogens with two attached hydrogens (primary N) is 1. The Labute approximate surface area is 59.5 Å². The molecule has 0 unspecified atom stereocenters. The Morgan fingerprint density at radius 2 is 2.22 bits per heavy atom. The lowest BCUT2D eigenvalue weighted by Gasteiger charge is -1.99. The van der Waals surface area contributed by atoms with Gasteiger partial charge >= 0.3 is 0 Å². The van der Waals surface area contributed by atoms with Gasteiger partial charge in [0.2, 0.25) is 0 Å². The summed E-state index contributed by atoms with van der Waals surface area (Å²) in [6.07, 6.45) is 2.32. The Hall–Kier alpha value is 0.0969. The van der Waals surface area contributed by atoms with Crippen molar-refractivity contribution in [2.24, 2.45) is 5.73 Å². The average molecular weight is 148 g/mol. The van der Waals surface area contributed by atoms with E-state index in [1.165, 1.54) is 6.42 Å². The van der Waals surface area contributed by atoms with Crippen molar-refractivity contribution in [2.45, 2.75) is 12.8 Å². The van der Waals surface area contributed by atoms with Gasteiger partial charge in [-0.2, -0.15) is 0 Å². The summed E-state index contributed by atoms with van der Waals surface area (Å²) in [7, 11) is 0.863. The van der Waals surface area contributed by atoms with Gasteiger partial charge in [0, 0.05) is 13.3 Å². The number of hydrogen-bond donors (Lipinski definition) is 2. The monoisotopic (exact) mass is 148 g/mol. The third-order valence-electron chi connectivity index (χ3n) is 1.10. The van der Waals surface area contributed by atoms with Gasteiger partial charge < -0.3 is 15.5 Å². The van der Waals surface area contributed by atoms with Crippen molar-refractivity contribution in [1.29, 1.82) is 0 Å². The first-order valence-electron chi connectivity index (χ1n) is 3.31. The summed E-state index contributed by atoms with van der Waals surface area (Å²) in [5.41, 5.74) is 5.21. The standard InChI is InChI=1S/C5H16N2OSi/c6-5-7-3-1-2-4-8-9/h7H,1-6H2,9H3. The molecule has 4 heteroatoms. The molecule has 0 saturated carbocycles. The van der Waals surface area contributed by atoms with Gasteiger partial charge in [0.1, 0.15) is 10.5 Å². The molecule has 0 aliphatic heterocycles. The van der Waals surface area contributed by atoms with Crippen LogP contribution in [0.5, 0.6) is 0 Å². The highest BCUT2D eigenvalue weighted by Crippen LogP contribution is 1.84. The van der Waals surface area contributed by atoms with Crippen LogP contribution in [-0.2, 0) is 4.43 Å². The fourth-order valence-electron chi connectivity index (χ4n) is 0.598. The fourth-order valence-corrected chi connectivity index (χ4v) is 0.887. The van der Waals surface area contributed by atoms with E-state index in [2.05, 4.69) is 5.32 Å². The van der Waals surface area contributed by atoms with Gasteiger partial charge in [-0.3, -0.25) is 0 Å². The lowest BCUT2D eigenvalue weighted by molar-refractivity contribution is 0.335. The van der Waals surface area contributed by atoms with Gasteiger partial charge in [-0.25, -0.2) is 0 Å². The summed E-state index contributed by atoms with van der Waals surface area (Å²) in [5.74, 6) is 0. The summed E-state index contributed by atoms with van der Waals surface area (Å²) < 4.78 is 5.00. The molecule has 9 heavy (non-hydrogen) atoms. The van der Waals surface area contributed by atoms with Crippen LogP contribution < -0.4 is 11.1 Å². The second-order valence-electron chi connectivity index (χ2n) is 1.90. The number of rotatable bonds is 6. The molecule has 0 aliphatic carbocycles. The largest absolute Gasteiger partial charge is 0.428 e. The molecule has 0 aromatic carbocycles. The molecule has 0 spiro atoms. The maximum absolute atomic E-state index is 5.21. The first-order chi connectivity index (χ1) is 4.41. The molecule has 0 saturated heterocycles. The zero-order chi connectivity index (χ0) is 6.95. The molecule has 0 atom stereocenters. The van der Waals surface area contributed by atoms with E-state index in [1.54, 1.807) is 0 Å². The van der Waals surface area contributed by atoms with Gasteiger partial charge in [0.15, 0.2) is 0 Å². The van der Waals surface area contributed by atoms with Crippen molar-refractivity contribution in [1.82, 2.24) is 5.32 Å². The molecule has 0 fully saturated rings. The number of hydrogen-bond acceptors (Lipinski definition) is 3. The van der Waals surface area contributed by atoms with Crippen molar-refractivity contribution in [3.63, 3.8) is 0 Å². The molecule has 0 aliphatic rings. The zero-order valence-electron chi connectivity index (χ0n) is 6.02. The molecule has 3 N–H and O–H groups in total. The van der Waals surface area contributed by atoms with Gasteiger partial charge in [0.25, 0.3) is 0 Å². The van der Waals surface area contributed by atoms with Crippen LogP contribution in [0.25, 0.3) is 0 Å². The van der Waals surface area contributed by atoms with Gasteiger partial charge in [0.05, 0.1) is 0 Å². The molecule has 56 valence electrons. The molecular formula is C5H16N2OSi. The van der Waals surface area contributed by atoms with Crippen LogP contribution >= 0.6 is 0 Å². The van der Waals surface area contributed by atoms with Gasteiger partial charge in [-0.05, 0) is 19.4 Å². The predicted octanol–water partition coefficient (Wildman–Crippen LogP) is -1.43. The number of unbranched alkanes of at least 4 members (excludes halogenated alkanes) is 1. The molecule has 0 amide bonds. The molecule has 0 bridgehead atoms. The second-order valence-corrected chi connectivity index (χ2v) is 2.48. The van der Waals surface area contributed by atoms with Gasteiger partial charge in [-0.15, -0.1) is 0 Å². The molecule has 0 radical (unpaired) electrons. The summed E-state index contributed by atoms with van der Waals surface area (Å²) >= 11 is 0. The van der Waals surface area contributed by atoms with E-state index >= 15 is 0 Å².